The fraction of sp³-hybridized carbons (Fsp3) is 0.382. The van der Waals surface area contributed by atoms with Gasteiger partial charge in [-0.3, -0.25) is 34.2 Å². The molecule has 5 amide bonds. The molecule has 7 N–H and O–H groups in total. The summed E-state index contributed by atoms with van der Waals surface area (Å²) < 4.78 is 27.8. The Morgan fingerprint density at radius 1 is 0.981 bits per heavy atom. The molecule has 0 spiro atoms. The molecule has 1 atom stereocenters. The van der Waals surface area contributed by atoms with E-state index in [2.05, 4.69) is 25.9 Å². The Labute approximate surface area is 298 Å². The van der Waals surface area contributed by atoms with Gasteiger partial charge < -0.3 is 45.8 Å². The van der Waals surface area contributed by atoms with Crippen LogP contribution in [0.15, 0.2) is 36.5 Å². The number of anilines is 3. The molecule has 18 heteroatoms. The normalized spacial score (nSPS) is 15.3. The molecule has 52 heavy (non-hydrogen) atoms. The number of nitrogen functional groups attached to an aromatic ring is 2. The van der Waals surface area contributed by atoms with Gasteiger partial charge in [-0.05, 0) is 36.2 Å². The summed E-state index contributed by atoms with van der Waals surface area (Å²) in [5.41, 5.74) is 13.8. The van der Waals surface area contributed by atoms with Crippen LogP contribution in [0.5, 0.6) is 17.2 Å². The number of fused-ring (bicyclic) bond motifs is 1. The van der Waals surface area contributed by atoms with Gasteiger partial charge in [-0.2, -0.15) is 4.98 Å². The smallest absolute Gasteiger partial charge is 0.264 e. The number of benzene rings is 2. The Morgan fingerprint density at radius 2 is 1.69 bits per heavy atom. The molecule has 1 unspecified atom stereocenters. The number of carbonyl (C=O) groups is 5. The van der Waals surface area contributed by atoms with E-state index >= 15 is 0 Å². The third-order valence-corrected chi connectivity index (χ3v) is 8.15. The molecule has 2 aliphatic heterocycles. The van der Waals surface area contributed by atoms with Crippen LogP contribution in [-0.2, 0) is 30.3 Å². The van der Waals surface area contributed by atoms with Crippen molar-refractivity contribution in [2.24, 2.45) is 0 Å². The van der Waals surface area contributed by atoms with Crippen LogP contribution >= 0.6 is 0 Å². The number of methoxy groups -OCH3 is 2. The predicted molar refractivity (Wildman–Crippen MR) is 185 cm³/mol. The van der Waals surface area contributed by atoms with E-state index in [4.69, 9.17) is 35.2 Å². The van der Waals surface area contributed by atoms with Crippen molar-refractivity contribution in [3.8, 4) is 17.2 Å². The first-order valence-electron chi connectivity index (χ1n) is 16.4. The average molecular weight is 721 g/mol. The van der Waals surface area contributed by atoms with Crippen LogP contribution in [-0.4, -0.2) is 111 Å². The highest BCUT2D eigenvalue weighted by molar-refractivity contribution is 6.25. The maximum atomic E-state index is 13.2. The molecular weight excluding hydrogens is 680 g/mol. The number of nitrogens with zero attached hydrogens (tertiary/aromatic N) is 3. The van der Waals surface area contributed by atoms with Gasteiger partial charge in [-0.25, -0.2) is 4.98 Å². The molecule has 0 radical (unpaired) electrons. The number of imide groups is 2. The molecule has 3 aromatic rings. The lowest BCUT2D eigenvalue weighted by Gasteiger charge is -2.27. The third-order valence-electron chi connectivity index (χ3n) is 8.15. The minimum Gasteiger partial charge on any atom is -0.493 e. The lowest BCUT2D eigenvalue weighted by atomic mass is 10.0. The predicted octanol–water partition coefficient (Wildman–Crippen LogP) is 0.291. The molecule has 18 nitrogen and oxygen atoms in total. The van der Waals surface area contributed by atoms with E-state index in [1.165, 1.54) is 20.3 Å². The number of nitrogens with two attached hydrogens (primary N) is 2. The van der Waals surface area contributed by atoms with Crippen molar-refractivity contribution < 1.29 is 47.7 Å². The van der Waals surface area contributed by atoms with Gasteiger partial charge in [-0.1, -0.05) is 6.07 Å². The summed E-state index contributed by atoms with van der Waals surface area (Å²) in [5, 5.41) is 8.01. The van der Waals surface area contributed by atoms with Gasteiger partial charge in [0.1, 0.15) is 11.9 Å². The van der Waals surface area contributed by atoms with Crippen LogP contribution in [0.3, 0.4) is 0 Å². The topological polar surface area (TPSA) is 249 Å². The van der Waals surface area contributed by atoms with Crippen molar-refractivity contribution in [2.45, 2.75) is 25.3 Å². The minimum atomic E-state index is -1.04. The van der Waals surface area contributed by atoms with Crippen molar-refractivity contribution in [1.82, 2.24) is 25.5 Å². The van der Waals surface area contributed by atoms with Crippen molar-refractivity contribution in [1.29, 1.82) is 0 Å². The third kappa shape index (κ3) is 8.82. The Hall–Kier alpha value is -6.01. The summed E-state index contributed by atoms with van der Waals surface area (Å²) in [6.07, 6.45) is 2.06. The van der Waals surface area contributed by atoms with Gasteiger partial charge in [0, 0.05) is 43.4 Å². The number of piperidine rings is 1. The number of rotatable bonds is 18. The molecule has 3 heterocycles. The van der Waals surface area contributed by atoms with Crippen molar-refractivity contribution >= 4 is 47.0 Å². The monoisotopic (exact) mass is 720 g/mol. The van der Waals surface area contributed by atoms with Crippen LogP contribution in [0.25, 0.3) is 0 Å². The molecule has 2 aromatic carbocycles. The van der Waals surface area contributed by atoms with Gasteiger partial charge in [0.15, 0.2) is 18.1 Å². The molecule has 2 aliphatic rings. The first-order valence-corrected chi connectivity index (χ1v) is 16.4. The zero-order valence-corrected chi connectivity index (χ0v) is 28.7. The molecule has 1 aromatic heterocycles. The summed E-state index contributed by atoms with van der Waals surface area (Å²) in [7, 11) is 2.95. The second-order valence-corrected chi connectivity index (χ2v) is 11.6. The van der Waals surface area contributed by atoms with Gasteiger partial charge in [0.25, 0.3) is 17.7 Å². The maximum absolute atomic E-state index is 13.2. The zero-order valence-electron chi connectivity index (χ0n) is 28.7. The lowest BCUT2D eigenvalue weighted by Crippen LogP contribution is -2.54. The van der Waals surface area contributed by atoms with Crippen molar-refractivity contribution in [3.63, 3.8) is 0 Å². The van der Waals surface area contributed by atoms with Crippen LogP contribution in [0.1, 0.15) is 44.7 Å². The molecule has 1 fully saturated rings. The molecule has 5 rings (SSSR count). The van der Waals surface area contributed by atoms with E-state index in [1.807, 2.05) is 0 Å². The van der Waals surface area contributed by atoms with Crippen LogP contribution < -0.4 is 41.6 Å². The number of ether oxygens (including phenoxy) is 5. The number of hydrogen-bond donors (Lipinski definition) is 5. The quantitative estimate of drug-likeness (QED) is 0.0875. The largest absolute Gasteiger partial charge is 0.493 e. The summed E-state index contributed by atoms with van der Waals surface area (Å²) in [5.74, 6) is -1.30. The molecule has 1 saturated heterocycles. The molecule has 276 valence electrons. The SMILES string of the molecule is COc1cc(Cc2cnc(N)nc2N)cc(OC)c1OCC(=O)NCCOCCOCCNc1cccc2c1C(=O)N(C1CCC(=O)NC1=O)C2=O. The summed E-state index contributed by atoms with van der Waals surface area (Å²) in [6, 6.07) is 7.29. The Kier molecular flexibility index (Phi) is 12.4. The van der Waals surface area contributed by atoms with Gasteiger partial charge in [-0.15, -0.1) is 0 Å². The number of carbonyl (C=O) groups excluding carboxylic acids is 5. The number of aromatic nitrogens is 2. The molecule has 0 saturated carbocycles. The highest BCUT2D eigenvalue weighted by Gasteiger charge is 2.45. The van der Waals surface area contributed by atoms with Crippen molar-refractivity contribution in [3.05, 3.63) is 58.8 Å². The van der Waals surface area contributed by atoms with Crippen molar-refractivity contribution in [2.75, 3.05) is 77.1 Å². The first-order chi connectivity index (χ1) is 25.1. The summed E-state index contributed by atoms with van der Waals surface area (Å²) in [6.45, 7) is 1.34. The highest BCUT2D eigenvalue weighted by Crippen LogP contribution is 2.39. The van der Waals surface area contributed by atoms with E-state index in [1.54, 1.807) is 30.5 Å². The Bertz CT molecular complexity index is 1810. The fourth-order valence-electron chi connectivity index (χ4n) is 5.66. The van der Waals surface area contributed by atoms with E-state index in [0.29, 0.717) is 35.7 Å². The summed E-state index contributed by atoms with van der Waals surface area (Å²) >= 11 is 0. The Balaban J connectivity index is 0.975. The van der Waals surface area contributed by atoms with E-state index in [9.17, 15) is 24.0 Å². The standard InChI is InChI=1S/C34H40N8O10/c1-48-24-15-19(14-20-17-39-34(36)41-30(20)35)16-25(49-2)29(24)52-18-27(44)38-9-11-51-13-12-50-10-8-37-22-5-3-4-21-28(22)33(47)42(32(21)46)23-6-7-26(43)40-31(23)45/h3-5,15-17,23,37H,6-14,18H2,1-2H3,(H,38,44)(H,40,43,45)(H4,35,36,39,41). The molecule has 0 aliphatic carbocycles. The number of hydrogen-bond acceptors (Lipinski definition) is 15. The summed E-state index contributed by atoms with van der Waals surface area (Å²) in [4.78, 5) is 71.3. The second kappa shape index (κ2) is 17.3. The highest BCUT2D eigenvalue weighted by atomic mass is 16.5. The van der Waals surface area contributed by atoms with Gasteiger partial charge in [0.2, 0.25) is 23.5 Å². The molecule has 0 bridgehead atoms. The van der Waals surface area contributed by atoms with Gasteiger partial charge >= 0.3 is 0 Å². The zero-order chi connectivity index (χ0) is 37.2. The van der Waals surface area contributed by atoms with E-state index in [-0.39, 0.29) is 87.0 Å². The lowest BCUT2D eigenvalue weighted by molar-refractivity contribution is -0.136. The van der Waals surface area contributed by atoms with Crippen LogP contribution in [0, 0.1) is 0 Å². The van der Waals surface area contributed by atoms with Crippen LogP contribution in [0.2, 0.25) is 0 Å². The average Bonchev–Trinajstić information content (AvgIpc) is 3.38. The van der Waals surface area contributed by atoms with Gasteiger partial charge in [0.05, 0.1) is 51.8 Å². The minimum absolute atomic E-state index is 0.0453. The van der Waals surface area contributed by atoms with E-state index < -0.39 is 29.7 Å². The maximum Gasteiger partial charge on any atom is 0.264 e. The first kappa shape index (κ1) is 37.3. The number of nitrogens with one attached hydrogen (secondary N) is 3. The second-order valence-electron chi connectivity index (χ2n) is 11.6. The van der Waals surface area contributed by atoms with E-state index in [0.717, 1.165) is 10.5 Å². The number of amides is 5. The fourth-order valence-corrected chi connectivity index (χ4v) is 5.66. The Morgan fingerprint density at radius 3 is 2.37 bits per heavy atom. The molecular formula is C34H40N8O10. The van der Waals surface area contributed by atoms with Crippen LogP contribution in [0.4, 0.5) is 17.5 Å².